The number of morpholine rings is 1. The monoisotopic (exact) mass is 547 g/mol. The Hall–Kier alpha value is 0.240. The lowest BCUT2D eigenvalue weighted by Gasteiger charge is -2.36. The van der Waals surface area contributed by atoms with Gasteiger partial charge in [-0.15, -0.1) is 0 Å². The van der Waals surface area contributed by atoms with E-state index in [2.05, 4.69) is 22.6 Å². The van der Waals surface area contributed by atoms with E-state index in [1.807, 2.05) is 26.0 Å². The zero-order chi connectivity index (χ0) is 19.8. The number of allylic oxidation sites excluding steroid dienone is 1. The summed E-state index contributed by atoms with van der Waals surface area (Å²) >= 11 is 4.42. The maximum atomic E-state index is 11.5. The molecule has 2 heterocycles. The van der Waals surface area contributed by atoms with Crippen molar-refractivity contribution in [3.05, 3.63) is 31.7 Å². The van der Waals surface area contributed by atoms with Gasteiger partial charge in [0.15, 0.2) is 0 Å². The molecule has 11 heteroatoms. The molecule has 0 amide bonds. The fraction of sp³-hybridized carbons (Fsp3) is 0.500. The van der Waals surface area contributed by atoms with E-state index in [0.29, 0.717) is 41.9 Å². The molecule has 1 saturated heterocycles. The molecular formula is C16H19ClINO6S2. The third kappa shape index (κ3) is 4.87. The molecule has 150 valence electrons. The summed E-state index contributed by atoms with van der Waals surface area (Å²) in [7, 11) is -4.64. The first-order chi connectivity index (χ1) is 12.6. The van der Waals surface area contributed by atoms with Crippen LogP contribution in [0.3, 0.4) is 0 Å². The van der Waals surface area contributed by atoms with Gasteiger partial charge in [0.2, 0.25) is 0 Å². The summed E-state index contributed by atoms with van der Waals surface area (Å²) in [5.41, 5.74) is 1.59. The van der Waals surface area contributed by atoms with Crippen molar-refractivity contribution in [3.8, 4) is 5.75 Å². The maximum Gasteiger partial charge on any atom is 0.381 e. The van der Waals surface area contributed by atoms with E-state index in [9.17, 15) is 19.1 Å². The van der Waals surface area contributed by atoms with Crippen LogP contribution < -0.4 is 14.0 Å². The number of rotatable bonds is 5. The van der Waals surface area contributed by atoms with Crippen LogP contribution in [0.15, 0.2) is 17.0 Å². The van der Waals surface area contributed by atoms with Crippen molar-refractivity contribution in [1.29, 1.82) is 0 Å². The number of phenols is 1. The zero-order valence-electron chi connectivity index (χ0n) is 14.7. The number of halogens is 2. The predicted octanol–water partition coefficient (Wildman–Crippen LogP) is 0.721. The number of nitrogens with zero attached hydrogens (tertiary/aromatic N) is 1. The summed E-state index contributed by atoms with van der Waals surface area (Å²) in [4.78, 5) is 3.39. The quantitative estimate of drug-likeness (QED) is 0.533. The molecule has 2 aliphatic rings. The standard InChI is InChI=1S/C16H19ClINO6S2/c1-3-13-15(11-8-10(2)9-12(18)14(11)20)27-16(26-13,25-17(21,22)23)19-4-6-24-7-5-19/h8-9,20H,3-7H2,1-2H3. The molecule has 3 rings (SSSR count). The third-order valence-electron chi connectivity index (χ3n) is 4.10. The fourth-order valence-electron chi connectivity index (χ4n) is 2.92. The first-order valence-corrected chi connectivity index (χ1v) is 12.1. The molecule has 0 saturated carbocycles. The Kier molecular flexibility index (Phi) is 6.94. The van der Waals surface area contributed by atoms with Gasteiger partial charge in [0.05, 0.1) is 27.0 Å². The molecule has 1 aromatic carbocycles. The Morgan fingerprint density at radius 1 is 1.30 bits per heavy atom. The van der Waals surface area contributed by atoms with Crippen molar-refractivity contribution < 1.29 is 38.4 Å². The molecular weight excluding hydrogens is 529 g/mol. The van der Waals surface area contributed by atoms with E-state index in [-0.39, 0.29) is 5.75 Å². The molecule has 0 spiro atoms. The van der Waals surface area contributed by atoms with E-state index in [0.717, 1.165) is 27.1 Å². The average Bonchev–Trinajstić information content (AvgIpc) is 2.96. The highest BCUT2D eigenvalue weighted by molar-refractivity contribution is 14.1. The summed E-state index contributed by atoms with van der Waals surface area (Å²) in [6, 6.07) is 3.72. The van der Waals surface area contributed by atoms with Crippen LogP contribution in [-0.2, 0) is 9.03 Å². The van der Waals surface area contributed by atoms with Crippen LogP contribution in [0.5, 0.6) is 5.75 Å². The average molecular weight is 548 g/mol. The van der Waals surface area contributed by atoms with Crippen LogP contribution in [0.1, 0.15) is 24.5 Å². The van der Waals surface area contributed by atoms with E-state index in [4.69, 9.17) is 9.03 Å². The van der Waals surface area contributed by atoms with Crippen LogP contribution in [-0.4, -0.2) is 40.7 Å². The number of hydrogen-bond donors (Lipinski definition) is 1. The molecule has 1 unspecified atom stereocenters. The number of aryl methyl sites for hydroxylation is 1. The normalized spacial score (nSPS) is 24.7. The fourth-order valence-corrected chi connectivity index (χ4v) is 7.79. The van der Waals surface area contributed by atoms with Crippen LogP contribution in [0.4, 0.5) is 0 Å². The first kappa shape index (κ1) is 21.9. The maximum absolute atomic E-state index is 11.5. The Bertz CT molecular complexity index is 753. The second-order valence-electron chi connectivity index (χ2n) is 6.03. The molecule has 2 aliphatic heterocycles. The van der Waals surface area contributed by atoms with Crippen LogP contribution in [0, 0.1) is 20.7 Å². The van der Waals surface area contributed by atoms with E-state index in [1.54, 1.807) is 4.90 Å². The smallest absolute Gasteiger partial charge is 0.381 e. The van der Waals surface area contributed by atoms with Crippen molar-refractivity contribution in [2.45, 2.75) is 24.7 Å². The Balaban J connectivity index is 2.03. The largest absolute Gasteiger partial charge is 0.506 e. The summed E-state index contributed by atoms with van der Waals surface area (Å²) in [5, 5.41) is 10.6. The van der Waals surface area contributed by atoms with Crippen LogP contribution in [0.25, 0.3) is 4.91 Å². The van der Waals surface area contributed by atoms with Crippen LogP contribution in [0.2, 0.25) is 0 Å². The van der Waals surface area contributed by atoms with Crippen molar-refractivity contribution in [3.63, 3.8) is 0 Å². The number of ether oxygens (including phenoxy) is 1. The van der Waals surface area contributed by atoms with E-state index in [1.165, 1.54) is 11.8 Å². The number of hydrogen-bond acceptors (Lipinski definition) is 9. The van der Waals surface area contributed by atoms with Gasteiger partial charge in [-0.25, -0.2) is 4.90 Å². The molecule has 0 aliphatic carbocycles. The Morgan fingerprint density at radius 2 is 1.96 bits per heavy atom. The van der Waals surface area contributed by atoms with Gasteiger partial charge in [-0.1, -0.05) is 6.92 Å². The van der Waals surface area contributed by atoms with Gasteiger partial charge < -0.3 is 9.84 Å². The summed E-state index contributed by atoms with van der Waals surface area (Å²) in [6.07, 6.45) is 0.613. The SMILES string of the molecule is CCC1=C(c2cc(C)cc(I)c2O)SC(O[Cl+3]([O-])([O-])[O-])(N2CCOCC2)S1. The van der Waals surface area contributed by atoms with Gasteiger partial charge in [0.1, 0.15) is 10.0 Å². The molecule has 1 atom stereocenters. The van der Waals surface area contributed by atoms with Crippen molar-refractivity contribution in [1.82, 2.24) is 4.90 Å². The number of benzene rings is 1. The zero-order valence-corrected chi connectivity index (χ0v) is 19.2. The molecule has 0 aromatic heterocycles. The lowest BCUT2D eigenvalue weighted by molar-refractivity contribution is -1.92. The van der Waals surface area contributed by atoms with Crippen LogP contribution >= 0.6 is 46.1 Å². The number of thioether (sulfide) groups is 2. The van der Waals surface area contributed by atoms with Gasteiger partial charge in [0, 0.05) is 28.5 Å². The van der Waals surface area contributed by atoms with Gasteiger partial charge in [-0.05, 0) is 77.2 Å². The number of phenolic OH excluding ortho intramolecular Hbond substituents is 1. The Labute approximate surface area is 182 Å². The minimum atomic E-state index is -4.64. The second kappa shape index (κ2) is 8.54. The van der Waals surface area contributed by atoms with Gasteiger partial charge >= 0.3 is 4.39 Å². The summed E-state index contributed by atoms with van der Waals surface area (Å²) in [6.45, 7) is 5.59. The van der Waals surface area contributed by atoms with Gasteiger partial charge in [0.25, 0.3) is 0 Å². The van der Waals surface area contributed by atoms with E-state index < -0.39 is 14.6 Å². The highest BCUT2D eigenvalue weighted by atomic mass is 127. The molecule has 1 N–H and O–H groups in total. The molecule has 0 bridgehead atoms. The van der Waals surface area contributed by atoms with Crippen molar-refractivity contribution >= 4 is 51.0 Å². The first-order valence-electron chi connectivity index (χ1n) is 8.20. The number of aromatic hydroxyl groups is 1. The van der Waals surface area contributed by atoms with Crippen molar-refractivity contribution in [2.24, 2.45) is 0 Å². The van der Waals surface area contributed by atoms with Gasteiger partial charge in [-0.3, -0.25) is 0 Å². The highest BCUT2D eigenvalue weighted by Crippen LogP contribution is 2.62. The predicted molar refractivity (Wildman–Crippen MR) is 104 cm³/mol. The summed E-state index contributed by atoms with van der Waals surface area (Å²) < 4.78 is 44.2. The lowest BCUT2D eigenvalue weighted by Crippen LogP contribution is -2.66. The summed E-state index contributed by atoms with van der Waals surface area (Å²) in [5.74, 6) is 0.135. The minimum absolute atomic E-state index is 0.135. The third-order valence-corrected chi connectivity index (χ3v) is 8.76. The Morgan fingerprint density at radius 3 is 2.56 bits per heavy atom. The van der Waals surface area contributed by atoms with Gasteiger partial charge in [-0.2, -0.15) is 14.0 Å². The van der Waals surface area contributed by atoms with Crippen molar-refractivity contribution in [2.75, 3.05) is 26.3 Å². The molecule has 7 nitrogen and oxygen atoms in total. The highest BCUT2D eigenvalue weighted by Gasteiger charge is 2.58. The molecule has 0 radical (unpaired) electrons. The molecule has 1 fully saturated rings. The molecule has 27 heavy (non-hydrogen) atoms. The lowest BCUT2D eigenvalue weighted by atomic mass is 10.1. The topological polar surface area (TPSA) is 111 Å². The second-order valence-corrected chi connectivity index (χ2v) is 10.8. The molecule has 1 aromatic rings. The van der Waals surface area contributed by atoms with E-state index >= 15 is 0 Å². The minimum Gasteiger partial charge on any atom is -0.506 e.